The van der Waals surface area contributed by atoms with Crippen molar-refractivity contribution in [1.82, 2.24) is 5.32 Å². The highest BCUT2D eigenvalue weighted by molar-refractivity contribution is 4.88. The minimum Gasteiger partial charge on any atom is -0.314 e. The third kappa shape index (κ3) is 1.58. The Bertz CT molecular complexity index is 140. The molecule has 2 aliphatic carbocycles. The Morgan fingerprint density at radius 2 is 2.00 bits per heavy atom. The van der Waals surface area contributed by atoms with Gasteiger partial charge in [0.25, 0.3) is 0 Å². The molecule has 0 saturated heterocycles. The van der Waals surface area contributed by atoms with Gasteiger partial charge in [0.05, 0.1) is 0 Å². The van der Waals surface area contributed by atoms with Crippen LogP contribution in [0.5, 0.6) is 0 Å². The first kappa shape index (κ1) is 7.60. The average Bonchev–Trinajstić information content (AvgIpc) is 2.80. The van der Waals surface area contributed by atoms with E-state index in [9.17, 15) is 0 Å². The summed E-state index contributed by atoms with van der Waals surface area (Å²) >= 11 is 0. The van der Waals surface area contributed by atoms with E-state index in [4.69, 9.17) is 0 Å². The molecule has 3 atom stereocenters. The van der Waals surface area contributed by atoms with Gasteiger partial charge in [0.15, 0.2) is 0 Å². The van der Waals surface area contributed by atoms with E-state index < -0.39 is 0 Å². The van der Waals surface area contributed by atoms with Crippen molar-refractivity contribution >= 4 is 0 Å². The highest BCUT2D eigenvalue weighted by Crippen LogP contribution is 2.39. The SMILES string of the molecule is CC1CC(CNC2CC2)C1C. The van der Waals surface area contributed by atoms with Gasteiger partial charge in [-0.3, -0.25) is 0 Å². The minimum absolute atomic E-state index is 0.901. The summed E-state index contributed by atoms with van der Waals surface area (Å²) in [6.45, 7) is 6.06. The van der Waals surface area contributed by atoms with Gasteiger partial charge in [-0.05, 0) is 43.6 Å². The molecule has 0 radical (unpaired) electrons. The van der Waals surface area contributed by atoms with Gasteiger partial charge in [0.1, 0.15) is 0 Å². The van der Waals surface area contributed by atoms with Gasteiger partial charge in [0.2, 0.25) is 0 Å². The topological polar surface area (TPSA) is 12.0 Å². The Morgan fingerprint density at radius 3 is 2.45 bits per heavy atom. The lowest BCUT2D eigenvalue weighted by Gasteiger charge is -2.41. The van der Waals surface area contributed by atoms with Crippen LogP contribution >= 0.6 is 0 Å². The van der Waals surface area contributed by atoms with E-state index >= 15 is 0 Å². The molecule has 2 rings (SSSR count). The fraction of sp³-hybridized carbons (Fsp3) is 1.00. The maximum absolute atomic E-state index is 3.61. The highest BCUT2D eigenvalue weighted by atomic mass is 14.9. The van der Waals surface area contributed by atoms with Crippen LogP contribution in [0.3, 0.4) is 0 Å². The third-order valence-electron chi connectivity index (χ3n) is 3.56. The van der Waals surface area contributed by atoms with Crippen LogP contribution < -0.4 is 5.32 Å². The van der Waals surface area contributed by atoms with E-state index in [1.807, 2.05) is 0 Å². The molecule has 2 aliphatic rings. The molecule has 1 nitrogen and oxygen atoms in total. The third-order valence-corrected chi connectivity index (χ3v) is 3.56. The molecule has 1 heteroatoms. The summed E-state index contributed by atoms with van der Waals surface area (Å²) in [5.41, 5.74) is 0. The maximum Gasteiger partial charge on any atom is 0.00683 e. The van der Waals surface area contributed by atoms with Crippen LogP contribution in [0.1, 0.15) is 33.1 Å². The summed E-state index contributed by atoms with van der Waals surface area (Å²) < 4.78 is 0. The summed E-state index contributed by atoms with van der Waals surface area (Å²) in [6.07, 6.45) is 4.31. The van der Waals surface area contributed by atoms with Crippen LogP contribution in [0, 0.1) is 17.8 Å². The molecule has 0 aromatic rings. The van der Waals surface area contributed by atoms with Gasteiger partial charge in [-0.1, -0.05) is 13.8 Å². The summed E-state index contributed by atoms with van der Waals surface area (Å²) in [4.78, 5) is 0. The molecular formula is C10H19N. The molecule has 1 N–H and O–H groups in total. The average molecular weight is 153 g/mol. The lowest BCUT2D eigenvalue weighted by Crippen LogP contribution is -2.40. The molecule has 0 heterocycles. The molecule has 64 valence electrons. The minimum atomic E-state index is 0.901. The maximum atomic E-state index is 3.61. The first-order valence-corrected chi connectivity index (χ1v) is 5.00. The molecule has 3 unspecified atom stereocenters. The fourth-order valence-corrected chi connectivity index (χ4v) is 2.05. The van der Waals surface area contributed by atoms with Crippen LogP contribution in [-0.2, 0) is 0 Å². The second-order valence-electron chi connectivity index (χ2n) is 4.51. The first-order valence-electron chi connectivity index (χ1n) is 5.00. The van der Waals surface area contributed by atoms with E-state index in [0.29, 0.717) is 0 Å². The molecule has 0 amide bonds. The van der Waals surface area contributed by atoms with E-state index in [1.165, 1.54) is 25.8 Å². The Balaban J connectivity index is 1.63. The van der Waals surface area contributed by atoms with Crippen molar-refractivity contribution in [2.24, 2.45) is 17.8 Å². The van der Waals surface area contributed by atoms with Crippen molar-refractivity contribution in [1.29, 1.82) is 0 Å². The highest BCUT2D eigenvalue weighted by Gasteiger charge is 2.34. The molecule has 0 aromatic heterocycles. The Labute approximate surface area is 69.6 Å². The van der Waals surface area contributed by atoms with Crippen molar-refractivity contribution in [3.63, 3.8) is 0 Å². The van der Waals surface area contributed by atoms with Gasteiger partial charge in [-0.2, -0.15) is 0 Å². The van der Waals surface area contributed by atoms with E-state index in [-0.39, 0.29) is 0 Å². The zero-order chi connectivity index (χ0) is 7.84. The summed E-state index contributed by atoms with van der Waals surface area (Å²) in [7, 11) is 0. The van der Waals surface area contributed by atoms with Crippen LogP contribution in [0.2, 0.25) is 0 Å². The molecule has 0 aromatic carbocycles. The molecule has 0 spiro atoms. The van der Waals surface area contributed by atoms with E-state index in [2.05, 4.69) is 19.2 Å². The van der Waals surface area contributed by atoms with Crippen molar-refractivity contribution < 1.29 is 0 Å². The molecule has 0 bridgehead atoms. The monoisotopic (exact) mass is 153 g/mol. The molecule has 11 heavy (non-hydrogen) atoms. The standard InChI is InChI=1S/C10H19N/c1-7-5-9(8(7)2)6-11-10-3-4-10/h7-11H,3-6H2,1-2H3. The fourth-order valence-electron chi connectivity index (χ4n) is 2.05. The van der Waals surface area contributed by atoms with Gasteiger partial charge < -0.3 is 5.32 Å². The second-order valence-corrected chi connectivity index (χ2v) is 4.51. The van der Waals surface area contributed by atoms with Crippen LogP contribution in [-0.4, -0.2) is 12.6 Å². The lowest BCUT2D eigenvalue weighted by atomic mass is 9.67. The molecule has 0 aliphatic heterocycles. The largest absolute Gasteiger partial charge is 0.314 e. The quantitative estimate of drug-likeness (QED) is 0.654. The van der Waals surface area contributed by atoms with Gasteiger partial charge in [-0.15, -0.1) is 0 Å². The molecular weight excluding hydrogens is 134 g/mol. The zero-order valence-electron chi connectivity index (χ0n) is 7.64. The predicted octanol–water partition coefficient (Wildman–Crippen LogP) is 2.03. The normalized spacial score (nSPS) is 43.6. The summed E-state index contributed by atoms with van der Waals surface area (Å²) in [5, 5.41) is 3.61. The summed E-state index contributed by atoms with van der Waals surface area (Å²) in [6, 6.07) is 0.901. The van der Waals surface area contributed by atoms with Gasteiger partial charge >= 0.3 is 0 Å². The Morgan fingerprint density at radius 1 is 1.27 bits per heavy atom. The van der Waals surface area contributed by atoms with Crippen LogP contribution in [0.4, 0.5) is 0 Å². The number of rotatable bonds is 3. The van der Waals surface area contributed by atoms with Gasteiger partial charge in [-0.25, -0.2) is 0 Å². The van der Waals surface area contributed by atoms with Crippen molar-refractivity contribution in [2.75, 3.05) is 6.54 Å². The predicted molar refractivity (Wildman–Crippen MR) is 47.5 cm³/mol. The van der Waals surface area contributed by atoms with Crippen molar-refractivity contribution in [2.45, 2.75) is 39.2 Å². The number of hydrogen-bond acceptors (Lipinski definition) is 1. The number of nitrogens with one attached hydrogen (secondary N) is 1. The molecule has 2 fully saturated rings. The van der Waals surface area contributed by atoms with E-state index in [0.717, 1.165) is 23.8 Å². The first-order chi connectivity index (χ1) is 5.27. The molecule has 2 saturated carbocycles. The van der Waals surface area contributed by atoms with Crippen LogP contribution in [0.25, 0.3) is 0 Å². The zero-order valence-corrected chi connectivity index (χ0v) is 7.64. The smallest absolute Gasteiger partial charge is 0.00683 e. The van der Waals surface area contributed by atoms with E-state index in [1.54, 1.807) is 0 Å². The summed E-state index contributed by atoms with van der Waals surface area (Å²) in [5.74, 6) is 2.95. The second kappa shape index (κ2) is 2.78. The van der Waals surface area contributed by atoms with Gasteiger partial charge in [0, 0.05) is 6.04 Å². The Kier molecular flexibility index (Phi) is 1.92. The van der Waals surface area contributed by atoms with Crippen LogP contribution in [0.15, 0.2) is 0 Å². The number of hydrogen-bond donors (Lipinski definition) is 1. The van der Waals surface area contributed by atoms with Crippen molar-refractivity contribution in [3.05, 3.63) is 0 Å². The lowest BCUT2D eigenvalue weighted by molar-refractivity contribution is 0.102. The van der Waals surface area contributed by atoms with Crippen molar-refractivity contribution in [3.8, 4) is 0 Å². The Hall–Kier alpha value is -0.0400.